The van der Waals surface area contributed by atoms with Crippen molar-refractivity contribution in [3.63, 3.8) is 0 Å². The number of benzene rings is 2. The van der Waals surface area contributed by atoms with Crippen molar-refractivity contribution in [2.75, 3.05) is 50.0 Å². The summed E-state index contributed by atoms with van der Waals surface area (Å²) in [5, 5.41) is -0.328. The average Bonchev–Trinajstić information content (AvgIpc) is 3.71. The number of nitrogen functional groups attached to an aromatic ring is 1. The summed E-state index contributed by atoms with van der Waals surface area (Å²) in [5.74, 6) is -2.40. The number of thiazole rings is 1. The second kappa shape index (κ2) is 11.8. The number of hydrogen-bond donors (Lipinski definition) is 1. The number of alkyl halides is 4. The lowest BCUT2D eigenvalue weighted by Gasteiger charge is -2.40. The molecule has 0 radical (unpaired) electrons. The molecule has 254 valence electrons. The van der Waals surface area contributed by atoms with Gasteiger partial charge in [0.25, 0.3) is 0 Å². The topological polar surface area (TPSA) is 101 Å². The highest BCUT2D eigenvalue weighted by molar-refractivity contribution is 7.22. The maximum atomic E-state index is 16.9. The number of ether oxygens (including phenoxy) is 1. The predicted molar refractivity (Wildman–Crippen MR) is 170 cm³/mol. The lowest BCUT2D eigenvalue weighted by Crippen LogP contribution is -2.54. The molecule has 0 unspecified atom stereocenters. The van der Waals surface area contributed by atoms with E-state index in [2.05, 4.69) is 21.5 Å². The summed E-state index contributed by atoms with van der Waals surface area (Å²) in [6.07, 6.45) is -3.14. The van der Waals surface area contributed by atoms with Gasteiger partial charge >= 0.3 is 12.2 Å². The van der Waals surface area contributed by atoms with Crippen molar-refractivity contribution in [2.45, 2.75) is 50.1 Å². The minimum absolute atomic E-state index is 0.00216. The lowest BCUT2D eigenvalue weighted by atomic mass is 9.94. The van der Waals surface area contributed by atoms with Crippen LogP contribution < -0.4 is 15.4 Å². The first-order chi connectivity index (χ1) is 22.8. The van der Waals surface area contributed by atoms with Crippen LogP contribution in [0.15, 0.2) is 30.9 Å². The second-order valence-corrected chi connectivity index (χ2v) is 13.6. The van der Waals surface area contributed by atoms with Crippen LogP contribution in [0.25, 0.3) is 32.2 Å². The molecule has 9 nitrogen and oxygen atoms in total. The van der Waals surface area contributed by atoms with Crippen LogP contribution in [-0.4, -0.2) is 87.7 Å². The Morgan fingerprint density at radius 2 is 1.96 bits per heavy atom. The number of fused-ring (bicyclic) bond motifs is 3. The van der Waals surface area contributed by atoms with Crippen molar-refractivity contribution in [1.29, 1.82) is 0 Å². The zero-order chi connectivity index (χ0) is 34.1. The molecule has 0 saturated carbocycles. The molecular formula is C32H31F6N7O2S. The highest BCUT2D eigenvalue weighted by Crippen LogP contribution is 2.46. The first-order valence-electron chi connectivity index (χ1n) is 15.5. The molecule has 48 heavy (non-hydrogen) atoms. The van der Waals surface area contributed by atoms with Crippen molar-refractivity contribution in [3.05, 3.63) is 48.1 Å². The van der Waals surface area contributed by atoms with Crippen molar-refractivity contribution in [1.82, 2.24) is 24.8 Å². The largest absolute Gasteiger partial charge is 0.461 e. The van der Waals surface area contributed by atoms with Crippen molar-refractivity contribution >= 4 is 49.3 Å². The molecular weight excluding hydrogens is 660 g/mol. The van der Waals surface area contributed by atoms with Crippen LogP contribution in [0, 0.1) is 11.6 Å². The summed E-state index contributed by atoms with van der Waals surface area (Å²) in [4.78, 5) is 30.5. The van der Waals surface area contributed by atoms with Crippen LogP contribution in [0.4, 0.5) is 37.3 Å². The fourth-order valence-corrected chi connectivity index (χ4v) is 8.18. The first kappa shape index (κ1) is 32.4. The van der Waals surface area contributed by atoms with Gasteiger partial charge in [0.1, 0.15) is 29.9 Å². The molecule has 5 heterocycles. The Balaban J connectivity index is 1.41. The number of anilines is 2. The molecule has 16 heteroatoms. The van der Waals surface area contributed by atoms with E-state index in [1.54, 1.807) is 16.7 Å². The van der Waals surface area contributed by atoms with E-state index < -0.39 is 52.2 Å². The molecule has 0 bridgehead atoms. The van der Waals surface area contributed by atoms with Crippen molar-refractivity contribution < 1.29 is 35.9 Å². The molecule has 3 atom stereocenters. The highest BCUT2D eigenvalue weighted by Gasteiger charge is 2.49. The normalized spacial score (nSPS) is 23.3. The highest BCUT2D eigenvalue weighted by atomic mass is 32.1. The molecule has 4 aromatic rings. The number of piperazine rings is 1. The number of aromatic nitrogens is 3. The third-order valence-electron chi connectivity index (χ3n) is 9.59. The van der Waals surface area contributed by atoms with Gasteiger partial charge in [-0.2, -0.15) is 23.1 Å². The maximum Gasteiger partial charge on any atom is 0.417 e. The maximum absolute atomic E-state index is 16.9. The molecule has 7 rings (SSSR count). The monoisotopic (exact) mass is 691 g/mol. The molecule has 0 spiro atoms. The van der Waals surface area contributed by atoms with E-state index in [1.165, 1.54) is 6.08 Å². The molecule has 0 aliphatic carbocycles. The van der Waals surface area contributed by atoms with Crippen molar-refractivity contribution in [2.24, 2.45) is 0 Å². The predicted octanol–water partition coefficient (Wildman–Crippen LogP) is 5.96. The van der Waals surface area contributed by atoms with Gasteiger partial charge in [0.2, 0.25) is 5.91 Å². The third kappa shape index (κ3) is 5.38. The summed E-state index contributed by atoms with van der Waals surface area (Å²) < 4.78 is 96.4. The molecule has 3 aliphatic rings. The van der Waals surface area contributed by atoms with E-state index in [9.17, 15) is 26.7 Å². The number of amides is 1. The summed E-state index contributed by atoms with van der Waals surface area (Å²) in [7, 11) is 0. The van der Waals surface area contributed by atoms with Crippen LogP contribution in [0.1, 0.15) is 31.7 Å². The Labute approximate surface area is 275 Å². The smallest absolute Gasteiger partial charge is 0.417 e. The Bertz CT molecular complexity index is 1950. The summed E-state index contributed by atoms with van der Waals surface area (Å²) in [6.45, 7) is 6.80. The van der Waals surface area contributed by atoms with E-state index in [1.807, 2.05) is 4.90 Å². The molecule has 2 aromatic heterocycles. The zero-order valence-electron chi connectivity index (χ0n) is 25.8. The van der Waals surface area contributed by atoms with Gasteiger partial charge in [0.15, 0.2) is 10.9 Å². The number of carbonyl (C=O) groups is 1. The van der Waals surface area contributed by atoms with Gasteiger partial charge in [-0.3, -0.25) is 9.69 Å². The van der Waals surface area contributed by atoms with Gasteiger partial charge in [-0.05, 0) is 50.6 Å². The Kier molecular flexibility index (Phi) is 7.93. The van der Waals surface area contributed by atoms with Gasteiger partial charge in [-0.25, -0.2) is 18.2 Å². The van der Waals surface area contributed by atoms with E-state index in [-0.39, 0.29) is 83.2 Å². The zero-order valence-corrected chi connectivity index (χ0v) is 26.6. The van der Waals surface area contributed by atoms with E-state index in [0.29, 0.717) is 13.0 Å². The quantitative estimate of drug-likeness (QED) is 0.195. The third-order valence-corrected chi connectivity index (χ3v) is 10.5. The van der Waals surface area contributed by atoms with Crippen LogP contribution in [0.3, 0.4) is 0 Å². The molecule has 3 saturated heterocycles. The summed E-state index contributed by atoms with van der Waals surface area (Å²) in [6, 6.07) is 2.08. The fraction of sp³-hybridized carbons (Fsp3) is 0.438. The van der Waals surface area contributed by atoms with Crippen LogP contribution in [0.5, 0.6) is 6.01 Å². The molecule has 2 N–H and O–H groups in total. The Morgan fingerprint density at radius 1 is 1.17 bits per heavy atom. The van der Waals surface area contributed by atoms with Gasteiger partial charge in [-0.1, -0.05) is 17.9 Å². The van der Waals surface area contributed by atoms with Gasteiger partial charge in [-0.15, -0.1) is 0 Å². The number of carbonyl (C=O) groups excluding carboxylic acids is 1. The average molecular weight is 692 g/mol. The van der Waals surface area contributed by atoms with Crippen LogP contribution in [0.2, 0.25) is 0 Å². The number of hydrogen-bond acceptors (Lipinski definition) is 9. The Hall–Kier alpha value is -4.18. The van der Waals surface area contributed by atoms with Crippen LogP contribution in [-0.2, 0) is 11.0 Å². The van der Waals surface area contributed by atoms with E-state index in [4.69, 9.17) is 10.5 Å². The fourth-order valence-electron chi connectivity index (χ4n) is 7.42. The molecule has 3 aliphatic heterocycles. The summed E-state index contributed by atoms with van der Waals surface area (Å²) >= 11 is 0.735. The SMILES string of the molecule is C=CC(=O)N1CCN(c2nc(OC[C@]34CCCN3C[C@H](F)C4)nc3c(F)c(-c4ccc(F)c5sc(N)nc45)c(C(F)(F)F)cc23)C[C@H]1C. The number of nitrogens with zero attached hydrogens (tertiary/aromatic N) is 6. The molecule has 2 aromatic carbocycles. The number of halogens is 6. The van der Waals surface area contributed by atoms with Gasteiger partial charge < -0.3 is 20.3 Å². The minimum atomic E-state index is -5.06. The molecule has 3 fully saturated rings. The molecule has 1 amide bonds. The number of rotatable bonds is 6. The van der Waals surface area contributed by atoms with Crippen molar-refractivity contribution in [3.8, 4) is 17.1 Å². The first-order valence-corrected chi connectivity index (χ1v) is 16.3. The number of nitrogens with two attached hydrogens (primary N) is 1. The lowest BCUT2D eigenvalue weighted by molar-refractivity contribution is -0.137. The minimum Gasteiger partial charge on any atom is -0.461 e. The van der Waals surface area contributed by atoms with Crippen LogP contribution >= 0.6 is 11.3 Å². The standard InChI is InChI=1S/C32H31F6N7O2S/c1-3-22(46)45-10-9-43(13-16(45)2)28-19-11-20(32(36,37)38)23(18-5-6-21(34)27-26(18)40-29(39)48-27)24(35)25(19)41-30(42-28)47-15-31-7-4-8-44(31)14-17(33)12-31/h3,5-6,11,16-17H,1,4,7-10,12-15H2,2H3,(H2,39,40)/t16-,17-,31-/m1/s1. The van der Waals surface area contributed by atoms with Gasteiger partial charge in [0.05, 0.1) is 21.3 Å². The van der Waals surface area contributed by atoms with E-state index >= 15 is 4.39 Å². The summed E-state index contributed by atoms with van der Waals surface area (Å²) in [5.41, 5.74) is 2.01. The van der Waals surface area contributed by atoms with E-state index in [0.717, 1.165) is 36.0 Å². The second-order valence-electron chi connectivity index (χ2n) is 12.6. The van der Waals surface area contributed by atoms with Gasteiger partial charge in [0, 0.05) is 55.2 Å². The Morgan fingerprint density at radius 3 is 2.69 bits per heavy atom.